The number of unbranched alkanes of at least 4 members (excludes halogenated alkanes) is 2. The van der Waals surface area contributed by atoms with E-state index in [1.165, 1.54) is 6.42 Å². The number of nitrogens with one attached hydrogen (secondary N) is 1. The molecule has 84 valence electrons. The molecule has 3 nitrogen and oxygen atoms in total. The van der Waals surface area contributed by atoms with E-state index in [4.69, 9.17) is 11.5 Å². The maximum Gasteiger partial charge on any atom is 0.0743 e. The second kappa shape index (κ2) is 7.26. The lowest BCUT2D eigenvalue weighted by Crippen LogP contribution is -2.29. The minimum atomic E-state index is 0.0465. The molecule has 0 aliphatic heterocycles. The first-order chi connectivity index (χ1) is 7.33. The summed E-state index contributed by atoms with van der Waals surface area (Å²) in [4.78, 5) is 0. The molecular weight excluding hydrogens is 186 g/mol. The molecule has 0 saturated heterocycles. The molecule has 3 heteroatoms. The van der Waals surface area contributed by atoms with E-state index < -0.39 is 0 Å². The Morgan fingerprint density at radius 1 is 1.07 bits per heavy atom. The minimum Gasteiger partial charge on any atom is -0.370 e. The van der Waals surface area contributed by atoms with Gasteiger partial charge in [0.05, 0.1) is 6.17 Å². The van der Waals surface area contributed by atoms with Crippen LogP contribution in [-0.2, 0) is 0 Å². The molecular formula is C12H21N3. The van der Waals surface area contributed by atoms with Crippen LogP contribution in [0.15, 0.2) is 30.3 Å². The van der Waals surface area contributed by atoms with Gasteiger partial charge >= 0.3 is 0 Å². The Morgan fingerprint density at radius 2 is 1.80 bits per heavy atom. The maximum absolute atomic E-state index is 5.95. The van der Waals surface area contributed by atoms with Crippen LogP contribution in [0.1, 0.15) is 25.7 Å². The number of hydrogen-bond donors (Lipinski definition) is 3. The lowest BCUT2D eigenvalue weighted by atomic mass is 10.1. The van der Waals surface area contributed by atoms with Crippen molar-refractivity contribution < 1.29 is 0 Å². The quantitative estimate of drug-likeness (QED) is 0.472. The van der Waals surface area contributed by atoms with Gasteiger partial charge in [-0.3, -0.25) is 0 Å². The van der Waals surface area contributed by atoms with Gasteiger partial charge in [0.1, 0.15) is 0 Å². The maximum atomic E-state index is 5.95. The molecule has 1 rings (SSSR count). The van der Waals surface area contributed by atoms with E-state index in [0.29, 0.717) is 0 Å². The molecule has 0 aromatic heterocycles. The molecule has 1 aromatic carbocycles. The van der Waals surface area contributed by atoms with Crippen LogP contribution in [0.25, 0.3) is 0 Å². The first kappa shape index (κ1) is 12.0. The van der Waals surface area contributed by atoms with Crippen LogP contribution in [0.5, 0.6) is 0 Å². The number of para-hydroxylation sites is 1. The molecule has 1 unspecified atom stereocenters. The molecule has 1 atom stereocenters. The third-order valence-corrected chi connectivity index (χ3v) is 2.35. The second-order valence-corrected chi connectivity index (χ2v) is 3.75. The molecule has 15 heavy (non-hydrogen) atoms. The van der Waals surface area contributed by atoms with E-state index in [-0.39, 0.29) is 6.17 Å². The molecule has 0 heterocycles. The summed E-state index contributed by atoms with van der Waals surface area (Å²) in [5.74, 6) is 0. The van der Waals surface area contributed by atoms with Gasteiger partial charge in [0.25, 0.3) is 0 Å². The van der Waals surface area contributed by atoms with Gasteiger partial charge in [-0.1, -0.05) is 31.0 Å². The first-order valence-electron chi connectivity index (χ1n) is 5.60. The topological polar surface area (TPSA) is 64.1 Å². The predicted octanol–water partition coefficient (Wildman–Crippen LogP) is 1.90. The fraction of sp³-hybridized carbons (Fsp3) is 0.500. The zero-order valence-electron chi connectivity index (χ0n) is 9.15. The van der Waals surface area contributed by atoms with E-state index in [1.807, 2.05) is 30.3 Å². The fourth-order valence-corrected chi connectivity index (χ4v) is 1.51. The van der Waals surface area contributed by atoms with Crippen LogP contribution in [-0.4, -0.2) is 12.7 Å². The average Bonchev–Trinajstić information content (AvgIpc) is 2.26. The highest BCUT2D eigenvalue weighted by Gasteiger charge is 2.00. The second-order valence-electron chi connectivity index (χ2n) is 3.75. The van der Waals surface area contributed by atoms with Crippen molar-refractivity contribution in [3.05, 3.63) is 30.3 Å². The highest BCUT2D eigenvalue weighted by Crippen LogP contribution is 2.08. The Bertz CT molecular complexity index is 248. The lowest BCUT2D eigenvalue weighted by molar-refractivity contribution is 0.590. The summed E-state index contributed by atoms with van der Waals surface area (Å²) in [7, 11) is 0. The first-order valence-corrected chi connectivity index (χ1v) is 5.60. The molecule has 0 fully saturated rings. The van der Waals surface area contributed by atoms with Crippen LogP contribution in [0.4, 0.5) is 5.69 Å². The van der Waals surface area contributed by atoms with Crippen molar-refractivity contribution in [3.63, 3.8) is 0 Å². The van der Waals surface area contributed by atoms with Crippen molar-refractivity contribution in [1.29, 1.82) is 0 Å². The van der Waals surface area contributed by atoms with Crippen LogP contribution < -0.4 is 16.8 Å². The number of anilines is 1. The van der Waals surface area contributed by atoms with Crippen molar-refractivity contribution >= 4 is 5.69 Å². The normalized spacial score (nSPS) is 12.4. The molecule has 0 spiro atoms. The number of hydrogen-bond acceptors (Lipinski definition) is 3. The smallest absolute Gasteiger partial charge is 0.0743 e. The van der Waals surface area contributed by atoms with Crippen LogP contribution in [0.3, 0.4) is 0 Å². The Balaban J connectivity index is 2.16. The molecule has 0 amide bonds. The van der Waals surface area contributed by atoms with E-state index in [0.717, 1.165) is 31.5 Å². The van der Waals surface area contributed by atoms with Crippen LogP contribution in [0, 0.1) is 0 Å². The minimum absolute atomic E-state index is 0.0465. The summed E-state index contributed by atoms with van der Waals surface area (Å²) < 4.78 is 0. The standard InChI is InChI=1S/C12H21N3/c13-10-6-2-5-9-12(14)15-11-7-3-1-4-8-11/h1,3-4,7-8,12,15H,2,5-6,9-10,13-14H2. The summed E-state index contributed by atoms with van der Waals surface area (Å²) in [6.45, 7) is 0.779. The van der Waals surface area contributed by atoms with Crippen molar-refractivity contribution in [2.45, 2.75) is 31.8 Å². The molecule has 0 bridgehead atoms. The van der Waals surface area contributed by atoms with Gasteiger partial charge in [-0.05, 0) is 31.5 Å². The highest BCUT2D eigenvalue weighted by molar-refractivity contribution is 5.42. The van der Waals surface area contributed by atoms with E-state index in [9.17, 15) is 0 Å². The SMILES string of the molecule is NCCCCCC(N)Nc1ccccc1. The van der Waals surface area contributed by atoms with Gasteiger partial charge in [-0.25, -0.2) is 0 Å². The molecule has 0 aliphatic rings. The van der Waals surface area contributed by atoms with Gasteiger partial charge in [-0.15, -0.1) is 0 Å². The number of rotatable bonds is 7. The zero-order valence-corrected chi connectivity index (χ0v) is 9.15. The summed E-state index contributed by atoms with van der Waals surface area (Å²) >= 11 is 0. The van der Waals surface area contributed by atoms with Gasteiger partial charge < -0.3 is 16.8 Å². The third kappa shape index (κ3) is 5.40. The fourth-order valence-electron chi connectivity index (χ4n) is 1.51. The molecule has 5 N–H and O–H groups in total. The van der Waals surface area contributed by atoms with Gasteiger partial charge in [-0.2, -0.15) is 0 Å². The summed E-state index contributed by atoms with van der Waals surface area (Å²) in [6, 6.07) is 10.1. The van der Waals surface area contributed by atoms with Crippen molar-refractivity contribution in [3.8, 4) is 0 Å². The predicted molar refractivity (Wildman–Crippen MR) is 65.6 cm³/mol. The van der Waals surface area contributed by atoms with Gasteiger partial charge in [0, 0.05) is 5.69 Å². The third-order valence-electron chi connectivity index (χ3n) is 2.35. The van der Waals surface area contributed by atoms with E-state index >= 15 is 0 Å². The Kier molecular flexibility index (Phi) is 5.81. The number of nitrogens with two attached hydrogens (primary N) is 2. The molecule has 1 aromatic rings. The number of benzene rings is 1. The zero-order chi connectivity index (χ0) is 10.9. The average molecular weight is 207 g/mol. The highest BCUT2D eigenvalue weighted by atomic mass is 15.0. The summed E-state index contributed by atoms with van der Waals surface area (Å²) in [5.41, 5.74) is 12.5. The largest absolute Gasteiger partial charge is 0.370 e. The molecule has 0 aliphatic carbocycles. The Morgan fingerprint density at radius 3 is 2.47 bits per heavy atom. The van der Waals surface area contributed by atoms with E-state index in [1.54, 1.807) is 0 Å². The summed E-state index contributed by atoms with van der Waals surface area (Å²) in [6.07, 6.45) is 4.44. The molecule has 0 radical (unpaired) electrons. The Labute approximate surface area is 91.9 Å². The van der Waals surface area contributed by atoms with Gasteiger partial charge in [0.2, 0.25) is 0 Å². The van der Waals surface area contributed by atoms with E-state index in [2.05, 4.69) is 5.32 Å². The van der Waals surface area contributed by atoms with Gasteiger partial charge in [0.15, 0.2) is 0 Å². The summed E-state index contributed by atoms with van der Waals surface area (Å²) in [5, 5.41) is 3.27. The van der Waals surface area contributed by atoms with Crippen molar-refractivity contribution in [2.75, 3.05) is 11.9 Å². The lowest BCUT2D eigenvalue weighted by Gasteiger charge is -2.14. The monoisotopic (exact) mass is 207 g/mol. The Hall–Kier alpha value is -1.06. The van der Waals surface area contributed by atoms with Crippen LogP contribution >= 0.6 is 0 Å². The van der Waals surface area contributed by atoms with Crippen LogP contribution in [0.2, 0.25) is 0 Å². The van der Waals surface area contributed by atoms with Crippen molar-refractivity contribution in [2.24, 2.45) is 11.5 Å². The molecule has 0 saturated carbocycles. The van der Waals surface area contributed by atoms with Crippen molar-refractivity contribution in [1.82, 2.24) is 0 Å².